The van der Waals surface area contributed by atoms with Crippen molar-refractivity contribution in [2.45, 2.75) is 12.5 Å². The van der Waals surface area contributed by atoms with Crippen LogP contribution in [0.25, 0.3) is 0 Å². The first-order valence-electron chi connectivity index (χ1n) is 9.13. The van der Waals surface area contributed by atoms with Crippen LogP contribution in [0.15, 0.2) is 85.5 Å². The summed E-state index contributed by atoms with van der Waals surface area (Å²) >= 11 is 12.4. The van der Waals surface area contributed by atoms with E-state index in [9.17, 15) is 4.79 Å². The highest BCUT2D eigenvalue weighted by molar-refractivity contribution is 6.37. The maximum Gasteiger partial charge on any atom is 0.260 e. The van der Waals surface area contributed by atoms with Crippen molar-refractivity contribution in [3.05, 3.63) is 107 Å². The summed E-state index contributed by atoms with van der Waals surface area (Å²) in [5.74, 6) is 0.498. The molecule has 0 aliphatic heterocycles. The van der Waals surface area contributed by atoms with Crippen molar-refractivity contribution in [1.82, 2.24) is 0 Å². The Bertz CT molecular complexity index is 988. The summed E-state index contributed by atoms with van der Waals surface area (Å²) in [7, 11) is 1.61. The normalized spacial score (nSPS) is 11.6. The number of benzene rings is 3. The molecule has 3 nitrogen and oxygen atoms in total. The molecule has 0 spiro atoms. The number of nitrogens with zero attached hydrogens (tertiary/aromatic N) is 1. The van der Waals surface area contributed by atoms with Crippen LogP contribution in [0.2, 0.25) is 10.0 Å². The fraction of sp³-hybridized carbons (Fsp3) is 0.125. The molecule has 0 aliphatic rings. The average molecular weight is 426 g/mol. The second kappa shape index (κ2) is 9.64. The Kier molecular flexibility index (Phi) is 6.97. The van der Waals surface area contributed by atoms with Crippen LogP contribution in [-0.4, -0.2) is 13.0 Å². The third-order valence-electron chi connectivity index (χ3n) is 4.62. The first kappa shape index (κ1) is 21.0. The second-order valence-electron chi connectivity index (χ2n) is 6.45. The third-order valence-corrected chi connectivity index (χ3v) is 5.16. The van der Waals surface area contributed by atoms with E-state index < -0.39 is 0 Å². The van der Waals surface area contributed by atoms with Crippen LogP contribution >= 0.6 is 23.2 Å². The molecule has 5 heteroatoms. The molecule has 29 heavy (non-hydrogen) atoms. The number of rotatable bonds is 7. The summed E-state index contributed by atoms with van der Waals surface area (Å²) in [5, 5.41) is 0.791. The van der Waals surface area contributed by atoms with Crippen LogP contribution in [0.1, 0.15) is 28.4 Å². The Labute approximate surface area is 181 Å². The summed E-state index contributed by atoms with van der Waals surface area (Å²) in [6.45, 7) is 3.89. The minimum absolute atomic E-state index is 0.215. The number of hydrogen-bond acceptors (Lipinski definition) is 2. The Morgan fingerprint density at radius 3 is 2.34 bits per heavy atom. The number of anilines is 1. The lowest BCUT2D eigenvalue weighted by molar-refractivity contribution is 0.0976. The molecule has 148 valence electrons. The molecule has 0 saturated heterocycles. The zero-order chi connectivity index (χ0) is 20.8. The largest absolute Gasteiger partial charge is 0.497 e. The van der Waals surface area contributed by atoms with E-state index in [1.165, 1.54) is 0 Å². The monoisotopic (exact) mass is 425 g/mol. The highest BCUT2D eigenvalue weighted by Gasteiger charge is 2.28. The molecule has 1 unspecified atom stereocenters. The van der Waals surface area contributed by atoms with Gasteiger partial charge >= 0.3 is 0 Å². The summed E-state index contributed by atoms with van der Waals surface area (Å²) < 4.78 is 5.26. The number of carbonyl (C=O) groups excluding carboxylic acids is 1. The predicted molar refractivity (Wildman–Crippen MR) is 120 cm³/mol. The predicted octanol–water partition coefficient (Wildman–Crippen LogP) is 6.97. The van der Waals surface area contributed by atoms with E-state index >= 15 is 0 Å². The second-order valence-corrected chi connectivity index (χ2v) is 7.29. The fourth-order valence-corrected chi connectivity index (χ4v) is 3.69. The highest BCUT2D eigenvalue weighted by atomic mass is 35.5. The topological polar surface area (TPSA) is 29.5 Å². The van der Waals surface area contributed by atoms with E-state index in [2.05, 4.69) is 6.58 Å². The van der Waals surface area contributed by atoms with Crippen molar-refractivity contribution in [1.29, 1.82) is 0 Å². The smallest absolute Gasteiger partial charge is 0.260 e. The van der Waals surface area contributed by atoms with Gasteiger partial charge in [0.1, 0.15) is 5.75 Å². The van der Waals surface area contributed by atoms with Crippen LogP contribution < -0.4 is 9.64 Å². The maximum absolute atomic E-state index is 13.7. The van der Waals surface area contributed by atoms with Crippen molar-refractivity contribution in [3.8, 4) is 5.75 Å². The highest BCUT2D eigenvalue weighted by Crippen LogP contribution is 2.34. The van der Waals surface area contributed by atoms with Gasteiger partial charge in [-0.25, -0.2) is 0 Å². The molecule has 3 rings (SSSR count). The van der Waals surface area contributed by atoms with Crippen molar-refractivity contribution >= 4 is 34.8 Å². The standard InChI is InChI=1S/C24H21Cl2NO2/c1-3-7-23(17-8-5-4-6-9-17)27(19-11-13-20(29-2)14-12-19)24(28)21-15-10-18(25)16-22(21)26/h3-6,8-16,23H,1,7H2,2H3. The number of methoxy groups -OCH3 is 1. The minimum atomic E-state index is -0.249. The molecule has 0 N–H and O–H groups in total. The molecule has 0 saturated carbocycles. The van der Waals surface area contributed by atoms with E-state index in [4.69, 9.17) is 27.9 Å². The van der Waals surface area contributed by atoms with Gasteiger partial charge in [0.2, 0.25) is 0 Å². The third kappa shape index (κ3) is 4.81. The summed E-state index contributed by atoms with van der Waals surface area (Å²) in [6, 6.07) is 21.9. The SMILES string of the molecule is C=CCC(c1ccccc1)N(C(=O)c1ccc(Cl)cc1Cl)c1ccc(OC)cc1. The number of carbonyl (C=O) groups is 1. The van der Waals surface area contributed by atoms with E-state index in [0.29, 0.717) is 27.8 Å². The Balaban J connectivity index is 2.13. The van der Waals surface area contributed by atoms with E-state index in [1.54, 1.807) is 30.2 Å². The number of halogens is 2. The lowest BCUT2D eigenvalue weighted by Gasteiger charge is -2.32. The van der Waals surface area contributed by atoms with Crippen molar-refractivity contribution < 1.29 is 9.53 Å². The van der Waals surface area contributed by atoms with Gasteiger partial charge in [-0.15, -0.1) is 6.58 Å². The molecular weight excluding hydrogens is 405 g/mol. The van der Waals surface area contributed by atoms with E-state index in [1.807, 2.05) is 60.7 Å². The Hall–Kier alpha value is -2.75. The van der Waals surface area contributed by atoms with Gasteiger partial charge in [-0.3, -0.25) is 4.79 Å². The van der Waals surface area contributed by atoms with Gasteiger partial charge in [0.25, 0.3) is 5.91 Å². The molecule has 3 aromatic carbocycles. The summed E-state index contributed by atoms with van der Waals surface area (Å²) in [6.07, 6.45) is 2.39. The molecule has 0 heterocycles. The molecule has 0 aromatic heterocycles. The molecule has 1 amide bonds. The number of amides is 1. The lowest BCUT2D eigenvalue weighted by atomic mass is 9.99. The van der Waals surface area contributed by atoms with E-state index in [-0.39, 0.29) is 11.9 Å². The summed E-state index contributed by atoms with van der Waals surface area (Å²) in [5.41, 5.74) is 2.12. The number of ether oxygens (including phenoxy) is 1. The average Bonchev–Trinajstić information content (AvgIpc) is 2.74. The van der Waals surface area contributed by atoms with Crippen molar-refractivity contribution in [3.63, 3.8) is 0 Å². The van der Waals surface area contributed by atoms with Crippen LogP contribution in [-0.2, 0) is 0 Å². The quantitative estimate of drug-likeness (QED) is 0.382. The van der Waals surface area contributed by atoms with Crippen LogP contribution in [0.5, 0.6) is 5.75 Å². The van der Waals surface area contributed by atoms with Crippen molar-refractivity contribution in [2.75, 3.05) is 12.0 Å². The van der Waals surface area contributed by atoms with Gasteiger partial charge in [0.15, 0.2) is 0 Å². The van der Waals surface area contributed by atoms with Crippen LogP contribution in [0.3, 0.4) is 0 Å². The molecule has 0 bridgehead atoms. The first-order valence-corrected chi connectivity index (χ1v) is 9.89. The molecule has 0 aliphatic carbocycles. The van der Waals surface area contributed by atoms with Gasteiger partial charge < -0.3 is 9.64 Å². The van der Waals surface area contributed by atoms with Gasteiger partial charge in [-0.1, -0.05) is 59.6 Å². The Morgan fingerprint density at radius 2 is 1.76 bits per heavy atom. The molecule has 3 aromatic rings. The first-order chi connectivity index (χ1) is 14.0. The summed E-state index contributed by atoms with van der Waals surface area (Å²) in [4.78, 5) is 15.4. The molecule has 1 atom stereocenters. The molecular formula is C24H21Cl2NO2. The zero-order valence-corrected chi connectivity index (χ0v) is 17.5. The van der Waals surface area contributed by atoms with Crippen LogP contribution in [0, 0.1) is 0 Å². The van der Waals surface area contributed by atoms with E-state index in [0.717, 1.165) is 11.3 Å². The minimum Gasteiger partial charge on any atom is -0.497 e. The zero-order valence-electron chi connectivity index (χ0n) is 16.0. The molecule has 0 radical (unpaired) electrons. The fourth-order valence-electron chi connectivity index (χ4n) is 3.20. The molecule has 0 fully saturated rings. The van der Waals surface area contributed by atoms with Gasteiger partial charge in [0.05, 0.1) is 23.7 Å². The van der Waals surface area contributed by atoms with Gasteiger partial charge in [-0.2, -0.15) is 0 Å². The van der Waals surface area contributed by atoms with Crippen molar-refractivity contribution in [2.24, 2.45) is 0 Å². The number of hydrogen-bond donors (Lipinski definition) is 0. The maximum atomic E-state index is 13.7. The van der Waals surface area contributed by atoms with Crippen LogP contribution in [0.4, 0.5) is 5.69 Å². The Morgan fingerprint density at radius 1 is 1.07 bits per heavy atom. The van der Waals surface area contributed by atoms with Gasteiger partial charge in [0, 0.05) is 10.7 Å². The lowest BCUT2D eigenvalue weighted by Crippen LogP contribution is -2.35. The van der Waals surface area contributed by atoms with Gasteiger partial charge in [-0.05, 0) is 54.4 Å².